The molecular weight excluding hydrogens is 360 g/mol. The molecule has 0 amide bonds. The quantitative estimate of drug-likeness (QED) is 0.595. The lowest BCUT2D eigenvalue weighted by molar-refractivity contribution is 0.0684. The van der Waals surface area contributed by atoms with E-state index in [0.29, 0.717) is 30.7 Å². The van der Waals surface area contributed by atoms with Crippen LogP contribution in [0.1, 0.15) is 59.8 Å². The van der Waals surface area contributed by atoms with E-state index in [2.05, 4.69) is 43.4 Å². The van der Waals surface area contributed by atoms with Crippen LogP contribution in [0.4, 0.5) is 0 Å². The number of carboxylic acids is 1. The zero-order chi connectivity index (χ0) is 20.4. The Bertz CT molecular complexity index is 1020. The lowest BCUT2D eigenvalue weighted by Crippen LogP contribution is -2.37. The molecule has 152 valence electrons. The van der Waals surface area contributed by atoms with Crippen molar-refractivity contribution in [3.8, 4) is 0 Å². The van der Waals surface area contributed by atoms with Crippen LogP contribution < -0.4 is 5.32 Å². The third kappa shape index (κ3) is 4.08. The summed E-state index contributed by atoms with van der Waals surface area (Å²) in [5.41, 5.74) is 4.60. The molecule has 2 unspecified atom stereocenters. The number of hydrogen-bond acceptors (Lipinski definition) is 2. The maximum Gasteiger partial charge on any atom is 0.352 e. The van der Waals surface area contributed by atoms with Gasteiger partial charge < -0.3 is 15.0 Å². The Hall–Kier alpha value is -2.59. The number of aromatic nitrogens is 1. The number of aryl methyl sites for hydroxylation is 1. The minimum Gasteiger partial charge on any atom is -0.477 e. The molecule has 0 spiro atoms. The van der Waals surface area contributed by atoms with Gasteiger partial charge in [-0.2, -0.15) is 0 Å². The van der Waals surface area contributed by atoms with E-state index in [0.717, 1.165) is 22.0 Å². The molecule has 4 nitrogen and oxygen atoms in total. The van der Waals surface area contributed by atoms with Gasteiger partial charge in [-0.1, -0.05) is 67.8 Å². The number of nitrogens with zero attached hydrogens (tertiary/aromatic N) is 1. The molecule has 2 atom stereocenters. The molecule has 0 aliphatic heterocycles. The fraction of sp³-hybridized carbons (Fsp3) is 0.400. The van der Waals surface area contributed by atoms with Gasteiger partial charge in [-0.15, -0.1) is 0 Å². The first-order valence-corrected chi connectivity index (χ1v) is 10.7. The van der Waals surface area contributed by atoms with Gasteiger partial charge in [-0.3, -0.25) is 0 Å². The van der Waals surface area contributed by atoms with Crippen LogP contribution in [-0.4, -0.2) is 21.7 Å². The lowest BCUT2D eigenvalue weighted by atomic mass is 9.86. The monoisotopic (exact) mass is 390 g/mol. The van der Waals surface area contributed by atoms with Crippen molar-refractivity contribution in [3.63, 3.8) is 0 Å². The molecule has 0 radical (unpaired) electrons. The largest absolute Gasteiger partial charge is 0.477 e. The predicted octanol–water partition coefficient (Wildman–Crippen LogP) is 5.36. The summed E-state index contributed by atoms with van der Waals surface area (Å²) >= 11 is 0. The molecule has 29 heavy (non-hydrogen) atoms. The van der Waals surface area contributed by atoms with Crippen LogP contribution in [0, 0.1) is 12.8 Å². The van der Waals surface area contributed by atoms with Crippen LogP contribution in [-0.2, 0) is 13.1 Å². The van der Waals surface area contributed by atoms with E-state index < -0.39 is 5.97 Å². The number of fused-ring (bicyclic) bond motifs is 1. The molecule has 1 aromatic heterocycles. The van der Waals surface area contributed by atoms with Crippen LogP contribution in [0.3, 0.4) is 0 Å². The summed E-state index contributed by atoms with van der Waals surface area (Å²) in [6, 6.07) is 16.8. The summed E-state index contributed by atoms with van der Waals surface area (Å²) < 4.78 is 1.97. The maximum atomic E-state index is 12.3. The highest BCUT2D eigenvalue weighted by atomic mass is 16.4. The van der Waals surface area contributed by atoms with Crippen LogP contribution in [0.5, 0.6) is 0 Å². The molecule has 3 aromatic rings. The summed E-state index contributed by atoms with van der Waals surface area (Å²) in [5, 5.41) is 14.8. The zero-order valence-electron chi connectivity index (χ0n) is 17.3. The normalized spacial score (nSPS) is 19.5. The van der Waals surface area contributed by atoms with E-state index in [1.807, 2.05) is 28.8 Å². The maximum absolute atomic E-state index is 12.3. The Labute approximate surface area is 172 Å². The van der Waals surface area contributed by atoms with Crippen molar-refractivity contribution in [2.45, 2.75) is 58.7 Å². The molecule has 4 heteroatoms. The van der Waals surface area contributed by atoms with Gasteiger partial charge in [-0.25, -0.2) is 4.79 Å². The molecule has 2 N–H and O–H groups in total. The number of carbonyl (C=O) groups is 1. The van der Waals surface area contributed by atoms with E-state index >= 15 is 0 Å². The van der Waals surface area contributed by atoms with Crippen molar-refractivity contribution in [1.29, 1.82) is 0 Å². The van der Waals surface area contributed by atoms with Crippen molar-refractivity contribution >= 4 is 16.9 Å². The van der Waals surface area contributed by atoms with Gasteiger partial charge in [0.1, 0.15) is 5.69 Å². The summed E-state index contributed by atoms with van der Waals surface area (Å²) in [7, 11) is 0. The third-order valence-corrected chi connectivity index (χ3v) is 6.35. The van der Waals surface area contributed by atoms with Gasteiger partial charge in [0.15, 0.2) is 0 Å². The summed E-state index contributed by atoms with van der Waals surface area (Å²) in [4.78, 5) is 12.3. The average molecular weight is 391 g/mol. The predicted molar refractivity (Wildman–Crippen MR) is 117 cm³/mol. The highest BCUT2D eigenvalue weighted by Gasteiger charge is 2.25. The number of para-hydroxylation sites is 1. The van der Waals surface area contributed by atoms with Gasteiger partial charge in [0, 0.05) is 35.6 Å². The number of rotatable bonds is 6. The van der Waals surface area contributed by atoms with Gasteiger partial charge >= 0.3 is 5.97 Å². The Kier molecular flexibility index (Phi) is 5.72. The first-order valence-electron chi connectivity index (χ1n) is 10.7. The molecular formula is C25H30N2O2. The first-order chi connectivity index (χ1) is 14.0. The second-order valence-corrected chi connectivity index (χ2v) is 8.47. The highest BCUT2D eigenvalue weighted by molar-refractivity contribution is 5.98. The molecule has 1 saturated carbocycles. The van der Waals surface area contributed by atoms with E-state index in [9.17, 15) is 9.90 Å². The number of aromatic carboxylic acids is 1. The fourth-order valence-electron chi connectivity index (χ4n) is 4.81. The molecule has 1 aliphatic carbocycles. The molecule has 0 bridgehead atoms. The third-order valence-electron chi connectivity index (χ3n) is 6.35. The summed E-state index contributed by atoms with van der Waals surface area (Å²) in [6.45, 7) is 5.52. The topological polar surface area (TPSA) is 54.3 Å². The van der Waals surface area contributed by atoms with Crippen LogP contribution in [0.2, 0.25) is 0 Å². The minimum atomic E-state index is -0.859. The minimum absolute atomic E-state index is 0.406. The van der Waals surface area contributed by atoms with Gasteiger partial charge in [-0.05, 0) is 37.3 Å². The Morgan fingerprint density at radius 3 is 2.69 bits per heavy atom. The van der Waals surface area contributed by atoms with Crippen LogP contribution >= 0.6 is 0 Å². The summed E-state index contributed by atoms with van der Waals surface area (Å²) in [6.07, 6.45) is 4.97. The number of hydrogen-bond donors (Lipinski definition) is 2. The Balaban J connectivity index is 1.73. The zero-order valence-corrected chi connectivity index (χ0v) is 17.3. The number of carboxylic acid groups (broad SMARTS) is 1. The Morgan fingerprint density at radius 2 is 1.93 bits per heavy atom. The molecule has 4 rings (SSSR count). The van der Waals surface area contributed by atoms with Crippen molar-refractivity contribution in [1.82, 2.24) is 9.88 Å². The molecule has 1 aliphatic rings. The second-order valence-electron chi connectivity index (χ2n) is 8.47. The molecule has 1 heterocycles. The molecule has 2 aromatic carbocycles. The van der Waals surface area contributed by atoms with E-state index in [1.165, 1.54) is 31.2 Å². The van der Waals surface area contributed by atoms with E-state index in [1.54, 1.807) is 0 Å². The number of nitrogens with one attached hydrogen (secondary N) is 1. The van der Waals surface area contributed by atoms with Gasteiger partial charge in [0.2, 0.25) is 0 Å². The van der Waals surface area contributed by atoms with Crippen molar-refractivity contribution in [3.05, 3.63) is 70.9 Å². The van der Waals surface area contributed by atoms with Crippen molar-refractivity contribution < 1.29 is 9.90 Å². The fourth-order valence-corrected chi connectivity index (χ4v) is 4.81. The Morgan fingerprint density at radius 1 is 1.14 bits per heavy atom. The van der Waals surface area contributed by atoms with Crippen LogP contribution in [0.15, 0.2) is 48.5 Å². The average Bonchev–Trinajstić information content (AvgIpc) is 3.01. The van der Waals surface area contributed by atoms with Gasteiger partial charge in [0.25, 0.3) is 0 Å². The van der Waals surface area contributed by atoms with Crippen molar-refractivity contribution in [2.24, 2.45) is 5.92 Å². The van der Waals surface area contributed by atoms with Crippen LogP contribution in [0.25, 0.3) is 10.9 Å². The summed E-state index contributed by atoms with van der Waals surface area (Å²) in [5.74, 6) is -0.222. The second kappa shape index (κ2) is 8.42. The lowest BCUT2D eigenvalue weighted by Gasteiger charge is -2.29. The van der Waals surface area contributed by atoms with E-state index in [-0.39, 0.29) is 0 Å². The number of benzene rings is 2. The molecule has 0 saturated heterocycles. The smallest absolute Gasteiger partial charge is 0.352 e. The first kappa shape index (κ1) is 19.7. The standard InChI is InChI=1S/C25H30N2O2/c1-17-8-7-10-19(14-17)16-27-23-13-6-4-11-20(23)21(24(27)25(28)29)15-26-22-12-5-3-9-18(22)2/h4,6-8,10-11,13-14,18,22,26H,3,5,9,12,15-16H2,1-2H3,(H,28,29). The van der Waals surface area contributed by atoms with Crippen molar-refractivity contribution in [2.75, 3.05) is 0 Å². The van der Waals surface area contributed by atoms with Gasteiger partial charge in [0.05, 0.1) is 0 Å². The highest BCUT2D eigenvalue weighted by Crippen LogP contribution is 2.29. The SMILES string of the molecule is Cc1cccc(Cn2c(C(=O)O)c(CNC3CCCCC3C)c3ccccc32)c1. The van der Waals surface area contributed by atoms with E-state index in [4.69, 9.17) is 0 Å². The molecule has 1 fully saturated rings.